The molecule has 0 atom stereocenters. The first-order chi connectivity index (χ1) is 3.83. The summed E-state index contributed by atoms with van der Waals surface area (Å²) in [6.07, 6.45) is 0.750. The molecule has 0 radical (unpaired) electrons. The number of hydrogen-bond acceptors (Lipinski definition) is 3. The molecule has 0 aromatic carbocycles. The third kappa shape index (κ3) is 84.8. The Morgan fingerprint density at radius 3 is 1.80 bits per heavy atom. The maximum atomic E-state index is 9.18. The topological polar surface area (TPSA) is 43.4 Å². The minimum absolute atomic E-state index is 0. The summed E-state index contributed by atoms with van der Waals surface area (Å²) in [5.74, 6) is 0. The zero-order chi connectivity index (χ0) is 6.83. The Bertz CT molecular complexity index is 65.7. The van der Waals surface area contributed by atoms with Gasteiger partial charge >= 0.3 is 18.9 Å². The Hall–Kier alpha value is 0.270. The Morgan fingerprint density at radius 2 is 1.80 bits per heavy atom. The Balaban J connectivity index is -0.0000000183. The van der Waals surface area contributed by atoms with E-state index in [1.165, 1.54) is 6.92 Å². The average Bonchev–Trinajstić information content (AvgIpc) is 1.71. The summed E-state index contributed by atoms with van der Waals surface area (Å²) in [5, 5.41) is 0. The molecule has 0 saturated heterocycles. The summed E-state index contributed by atoms with van der Waals surface area (Å²) in [4.78, 5) is 18.0. The molecule has 0 aromatic rings. The third-order valence-corrected chi connectivity index (χ3v) is 0.235. The number of carbonyl (C=O) groups is 2. The van der Waals surface area contributed by atoms with Gasteiger partial charge in [-0.3, -0.25) is 4.79 Å². The van der Waals surface area contributed by atoms with Crippen molar-refractivity contribution < 1.29 is 34.6 Å². The van der Waals surface area contributed by atoms with Gasteiger partial charge in [-0.25, -0.2) is 0 Å². The molecule has 0 amide bonds. The van der Waals surface area contributed by atoms with Crippen LogP contribution >= 0.6 is 0 Å². The van der Waals surface area contributed by atoms with E-state index in [1.807, 2.05) is 0 Å². The molecule has 56 valence electrons. The van der Waals surface area contributed by atoms with Gasteiger partial charge in [-0.15, -0.1) is 0 Å². The molecule has 0 N–H and O–H groups in total. The Morgan fingerprint density at radius 1 is 1.50 bits per heavy atom. The number of carbonyl (C=O) groups excluding carboxylic acids is 2. The minimum atomic E-state index is 0. The van der Waals surface area contributed by atoms with Gasteiger partial charge in [-0.1, -0.05) is 0 Å². The van der Waals surface area contributed by atoms with Crippen LogP contribution in [0.1, 0.15) is 15.3 Å². The van der Waals surface area contributed by atoms with E-state index < -0.39 is 0 Å². The summed E-state index contributed by atoms with van der Waals surface area (Å²) < 4.78 is 4.15. The van der Waals surface area contributed by atoms with E-state index in [0.717, 1.165) is 6.29 Å². The van der Waals surface area contributed by atoms with Gasteiger partial charge in [0.15, 0.2) is 17.4 Å². The molecule has 10 heavy (non-hydrogen) atoms. The van der Waals surface area contributed by atoms with Crippen molar-refractivity contribution in [3.63, 3.8) is 0 Å². The molecule has 3 nitrogen and oxygen atoms in total. The summed E-state index contributed by atoms with van der Waals surface area (Å²) in [7, 11) is 0. The molecule has 0 heterocycles. The Labute approximate surface area is 85.3 Å². The van der Waals surface area contributed by atoms with Gasteiger partial charge < -0.3 is 11.0 Å². The predicted octanol–water partition coefficient (Wildman–Crippen LogP) is -3.68. The molecule has 0 spiro atoms. The van der Waals surface area contributed by atoms with Crippen LogP contribution in [0.5, 0.6) is 0 Å². The molecule has 0 saturated carbocycles. The van der Waals surface area contributed by atoms with Crippen LogP contribution in [-0.2, 0) is 14.3 Å². The summed E-state index contributed by atoms with van der Waals surface area (Å²) in [6, 6.07) is 0. The minimum Gasteiger partial charge on any atom is -1.00 e. The van der Waals surface area contributed by atoms with Gasteiger partial charge in [-0.05, 0) is 13.8 Å². The smallest absolute Gasteiger partial charge is 1.00 e. The van der Waals surface area contributed by atoms with Crippen molar-refractivity contribution in [2.24, 2.45) is 0 Å². The van der Waals surface area contributed by atoms with E-state index in [-0.39, 0.29) is 37.6 Å². The average molecular weight is 156 g/mol. The van der Waals surface area contributed by atoms with Crippen LogP contribution in [-0.4, -0.2) is 36.7 Å². The summed E-state index contributed by atoms with van der Waals surface area (Å²) >= 11 is 0. The fourth-order valence-corrected chi connectivity index (χ4v) is 0.0680. The van der Waals surface area contributed by atoms with Gasteiger partial charge in [-0.2, -0.15) is 0 Å². The fraction of sp³-hybridized carbons (Fsp3) is 0.600. The third-order valence-electron chi connectivity index (χ3n) is 0.235. The van der Waals surface area contributed by atoms with E-state index in [1.54, 1.807) is 6.92 Å². The van der Waals surface area contributed by atoms with Crippen molar-refractivity contribution in [2.75, 3.05) is 6.61 Å². The van der Waals surface area contributed by atoms with Crippen LogP contribution in [0.3, 0.4) is 0 Å². The van der Waals surface area contributed by atoms with Gasteiger partial charge in [0.1, 0.15) is 6.29 Å². The Kier molecular flexibility index (Phi) is 78.1. The van der Waals surface area contributed by atoms with E-state index in [4.69, 9.17) is 4.79 Å². The quantitative estimate of drug-likeness (QED) is 0.305. The van der Waals surface area contributed by atoms with Crippen LogP contribution < -0.4 is 18.9 Å². The van der Waals surface area contributed by atoms with Crippen molar-refractivity contribution in [1.82, 2.24) is 0 Å². The standard InChI is InChI=1S/C3H6O2.C2H4O.Al.Li.4H/c1-2-5-3-4;1-2-3;;;;;;/h3H,2H2,1H3;2H,1H3;;;;;;/q;;;+1;;;;-1. The second kappa shape index (κ2) is 34.8. The van der Waals surface area contributed by atoms with Crippen LogP contribution in [0, 0.1) is 0 Å². The molecule has 0 bridgehead atoms. The van der Waals surface area contributed by atoms with Gasteiger partial charge in [0.2, 0.25) is 0 Å². The summed E-state index contributed by atoms with van der Waals surface area (Å²) in [5.41, 5.74) is 0. The van der Waals surface area contributed by atoms with E-state index in [2.05, 4.69) is 4.74 Å². The zero-order valence-electron chi connectivity index (χ0n) is 7.09. The molecular formula is C5H14AlLiO3. The molecule has 0 aliphatic rings. The first-order valence-corrected chi connectivity index (χ1v) is 2.28. The van der Waals surface area contributed by atoms with Crippen molar-refractivity contribution in [3.05, 3.63) is 0 Å². The fourth-order valence-electron chi connectivity index (χ4n) is 0.0680. The number of rotatable bonds is 2. The monoisotopic (exact) mass is 156 g/mol. The maximum Gasteiger partial charge on any atom is 1.00 e. The number of ether oxygens (including phenoxy) is 1. The van der Waals surface area contributed by atoms with Crippen molar-refractivity contribution in [1.29, 1.82) is 0 Å². The van der Waals surface area contributed by atoms with E-state index in [0.29, 0.717) is 13.1 Å². The molecule has 0 rings (SSSR count). The van der Waals surface area contributed by atoms with Crippen molar-refractivity contribution >= 4 is 30.1 Å². The molecule has 0 aliphatic carbocycles. The van der Waals surface area contributed by atoms with Crippen molar-refractivity contribution in [3.8, 4) is 0 Å². The SMILES string of the molecule is CC=O.CCOC=O.[AlH3].[H-].[Li+]. The molecule has 0 fully saturated rings. The molecule has 0 unspecified atom stereocenters. The second-order valence-corrected chi connectivity index (χ2v) is 0.787. The number of aldehydes is 1. The van der Waals surface area contributed by atoms with Crippen molar-refractivity contribution in [2.45, 2.75) is 13.8 Å². The molecule has 0 aromatic heterocycles. The van der Waals surface area contributed by atoms with E-state index >= 15 is 0 Å². The van der Waals surface area contributed by atoms with Crippen LogP contribution in [0.2, 0.25) is 0 Å². The van der Waals surface area contributed by atoms with Gasteiger partial charge in [0.05, 0.1) is 6.61 Å². The molecule has 0 aliphatic heterocycles. The van der Waals surface area contributed by atoms with Crippen LogP contribution in [0.4, 0.5) is 0 Å². The van der Waals surface area contributed by atoms with E-state index in [9.17, 15) is 4.79 Å². The maximum absolute atomic E-state index is 9.18. The largest absolute Gasteiger partial charge is 1.00 e. The van der Waals surface area contributed by atoms with Gasteiger partial charge in [0, 0.05) is 0 Å². The second-order valence-electron chi connectivity index (χ2n) is 0.787. The normalized spacial score (nSPS) is 4.60. The molecule has 5 heteroatoms. The first kappa shape index (κ1) is 22.4. The zero-order valence-corrected chi connectivity index (χ0v) is 6.09. The predicted molar refractivity (Wildman–Crippen MR) is 40.5 cm³/mol. The first-order valence-electron chi connectivity index (χ1n) is 2.28. The van der Waals surface area contributed by atoms with Crippen LogP contribution in [0.25, 0.3) is 0 Å². The van der Waals surface area contributed by atoms with Crippen LogP contribution in [0.15, 0.2) is 0 Å². The molecular weight excluding hydrogens is 142 g/mol. The van der Waals surface area contributed by atoms with Gasteiger partial charge in [0.25, 0.3) is 6.47 Å². The summed E-state index contributed by atoms with van der Waals surface area (Å²) in [6.45, 7) is 4.11. The number of hydrogen-bond donors (Lipinski definition) is 0.